The van der Waals surface area contributed by atoms with E-state index in [0.29, 0.717) is 5.92 Å². The smallest absolute Gasteiger partial charge is 0.219 e. The van der Waals surface area contributed by atoms with Crippen LogP contribution in [0.15, 0.2) is 24.3 Å². The van der Waals surface area contributed by atoms with Gasteiger partial charge in [0.2, 0.25) is 9.04 Å². The Kier molecular flexibility index (Phi) is 10.8. The highest BCUT2D eigenvalue weighted by atomic mass is 28.3. The van der Waals surface area contributed by atoms with Crippen LogP contribution in [0.2, 0.25) is 12.1 Å². The third-order valence-corrected chi connectivity index (χ3v) is 4.72. The standard InChI is InChI=1S/C16H27OSi/c1-6-9-12-16(15(4)5)17-18(13-10-7-2)14-11-8-3/h7-8,10-11,15-16H,12-14H2,1-5H3/b10-7-,11-8-. The molecule has 1 atom stereocenters. The lowest BCUT2D eigenvalue weighted by Crippen LogP contribution is -2.28. The van der Waals surface area contributed by atoms with E-state index in [2.05, 4.69) is 63.8 Å². The van der Waals surface area contributed by atoms with Crippen LogP contribution in [0.4, 0.5) is 0 Å². The molecule has 1 nitrogen and oxygen atoms in total. The van der Waals surface area contributed by atoms with Gasteiger partial charge in [0.05, 0.1) is 6.10 Å². The van der Waals surface area contributed by atoms with Crippen molar-refractivity contribution in [3.8, 4) is 11.8 Å². The molecule has 18 heavy (non-hydrogen) atoms. The zero-order chi connectivity index (χ0) is 13.8. The SMILES string of the molecule is CC#CCC(O[Si](C/C=C\C)C/C=C\C)C(C)C. The molecule has 0 aliphatic carbocycles. The molecule has 0 bridgehead atoms. The van der Waals surface area contributed by atoms with E-state index in [-0.39, 0.29) is 6.10 Å². The predicted octanol–water partition coefficient (Wildman–Crippen LogP) is 4.58. The summed E-state index contributed by atoms with van der Waals surface area (Å²) in [4.78, 5) is 0. The Morgan fingerprint density at radius 1 is 1.11 bits per heavy atom. The number of hydrogen-bond donors (Lipinski definition) is 0. The summed E-state index contributed by atoms with van der Waals surface area (Å²) in [5.74, 6) is 6.65. The van der Waals surface area contributed by atoms with Crippen LogP contribution in [0.3, 0.4) is 0 Å². The van der Waals surface area contributed by atoms with Gasteiger partial charge in [-0.25, -0.2) is 0 Å². The van der Waals surface area contributed by atoms with Crippen molar-refractivity contribution in [3.05, 3.63) is 24.3 Å². The highest BCUT2D eigenvalue weighted by Crippen LogP contribution is 2.16. The molecule has 1 radical (unpaired) electrons. The van der Waals surface area contributed by atoms with Gasteiger partial charge in [-0.1, -0.05) is 38.2 Å². The van der Waals surface area contributed by atoms with Crippen LogP contribution < -0.4 is 0 Å². The maximum absolute atomic E-state index is 6.32. The van der Waals surface area contributed by atoms with Crippen molar-refractivity contribution in [1.82, 2.24) is 0 Å². The monoisotopic (exact) mass is 263 g/mol. The molecule has 0 rings (SSSR count). The van der Waals surface area contributed by atoms with Gasteiger partial charge >= 0.3 is 0 Å². The third-order valence-electron chi connectivity index (χ3n) is 2.70. The molecule has 0 saturated carbocycles. The van der Waals surface area contributed by atoms with Crippen molar-refractivity contribution in [1.29, 1.82) is 0 Å². The largest absolute Gasteiger partial charge is 0.412 e. The summed E-state index contributed by atoms with van der Waals surface area (Å²) in [5, 5.41) is 0. The molecule has 101 valence electrons. The Morgan fingerprint density at radius 2 is 1.67 bits per heavy atom. The van der Waals surface area contributed by atoms with E-state index in [1.807, 2.05) is 6.92 Å². The summed E-state index contributed by atoms with van der Waals surface area (Å²) >= 11 is 0. The Morgan fingerprint density at radius 3 is 2.06 bits per heavy atom. The van der Waals surface area contributed by atoms with Gasteiger partial charge in [0.15, 0.2) is 0 Å². The van der Waals surface area contributed by atoms with Crippen LogP contribution in [0.1, 0.15) is 41.0 Å². The fourth-order valence-electron chi connectivity index (χ4n) is 1.51. The molecule has 0 aromatic heterocycles. The Labute approximate surface area is 115 Å². The molecule has 0 spiro atoms. The average molecular weight is 263 g/mol. The molecular weight excluding hydrogens is 236 g/mol. The van der Waals surface area contributed by atoms with Crippen molar-refractivity contribution in [2.24, 2.45) is 5.92 Å². The normalized spacial score (nSPS) is 13.5. The molecule has 0 aromatic carbocycles. The average Bonchev–Trinajstić information content (AvgIpc) is 2.36. The summed E-state index contributed by atoms with van der Waals surface area (Å²) in [5.41, 5.74) is 0. The lowest BCUT2D eigenvalue weighted by Gasteiger charge is -2.24. The minimum Gasteiger partial charge on any atom is -0.412 e. The van der Waals surface area contributed by atoms with Crippen molar-refractivity contribution in [2.75, 3.05) is 0 Å². The van der Waals surface area contributed by atoms with E-state index >= 15 is 0 Å². The van der Waals surface area contributed by atoms with Gasteiger partial charge in [0.25, 0.3) is 0 Å². The Hall–Kier alpha value is -0.783. The molecule has 0 fully saturated rings. The summed E-state index contributed by atoms with van der Waals surface area (Å²) in [6, 6.07) is 2.16. The minimum atomic E-state index is -0.785. The highest BCUT2D eigenvalue weighted by molar-refractivity contribution is 6.53. The fraction of sp³-hybridized carbons (Fsp3) is 0.625. The quantitative estimate of drug-likeness (QED) is 0.354. The summed E-state index contributed by atoms with van der Waals surface area (Å²) in [7, 11) is -0.785. The predicted molar refractivity (Wildman–Crippen MR) is 82.8 cm³/mol. The Bertz CT molecular complexity index is 293. The van der Waals surface area contributed by atoms with Crippen LogP contribution in [0, 0.1) is 17.8 Å². The van der Waals surface area contributed by atoms with Gasteiger partial charge in [-0.2, -0.15) is 0 Å². The molecule has 0 heterocycles. The minimum absolute atomic E-state index is 0.279. The Balaban J connectivity index is 4.49. The first-order chi connectivity index (χ1) is 8.65. The van der Waals surface area contributed by atoms with Crippen LogP contribution in [-0.2, 0) is 4.43 Å². The van der Waals surface area contributed by atoms with Crippen LogP contribution >= 0.6 is 0 Å². The molecule has 2 heteroatoms. The van der Waals surface area contributed by atoms with Gasteiger partial charge in [-0.3, -0.25) is 0 Å². The van der Waals surface area contributed by atoms with Crippen molar-refractivity contribution < 1.29 is 4.43 Å². The van der Waals surface area contributed by atoms with E-state index < -0.39 is 9.04 Å². The number of rotatable bonds is 8. The van der Waals surface area contributed by atoms with Gasteiger partial charge in [-0.15, -0.1) is 11.8 Å². The molecule has 1 unspecified atom stereocenters. The first-order valence-electron chi connectivity index (χ1n) is 6.78. The van der Waals surface area contributed by atoms with E-state index in [0.717, 1.165) is 18.5 Å². The maximum atomic E-state index is 6.32. The highest BCUT2D eigenvalue weighted by Gasteiger charge is 2.19. The first kappa shape index (κ1) is 17.2. The van der Waals surface area contributed by atoms with Crippen LogP contribution in [-0.4, -0.2) is 15.1 Å². The molecule has 0 N–H and O–H groups in total. The second-order valence-electron chi connectivity index (χ2n) is 4.62. The first-order valence-corrected chi connectivity index (χ1v) is 8.61. The molecule has 0 aliphatic heterocycles. The van der Waals surface area contributed by atoms with E-state index in [4.69, 9.17) is 4.43 Å². The summed E-state index contributed by atoms with van der Waals surface area (Å²) < 4.78 is 6.32. The van der Waals surface area contributed by atoms with Crippen LogP contribution in [0.5, 0.6) is 0 Å². The molecule has 0 aliphatic rings. The molecule has 0 aromatic rings. The molecule has 0 amide bonds. The third kappa shape index (κ3) is 8.33. The molecule has 0 saturated heterocycles. The van der Waals surface area contributed by atoms with Gasteiger partial charge < -0.3 is 4.43 Å². The van der Waals surface area contributed by atoms with Crippen molar-refractivity contribution >= 4 is 9.04 Å². The van der Waals surface area contributed by atoms with E-state index in [1.54, 1.807) is 0 Å². The van der Waals surface area contributed by atoms with Crippen LogP contribution in [0.25, 0.3) is 0 Å². The zero-order valence-corrected chi connectivity index (χ0v) is 13.5. The van der Waals surface area contributed by atoms with Gasteiger partial charge in [0, 0.05) is 6.42 Å². The topological polar surface area (TPSA) is 9.23 Å². The lowest BCUT2D eigenvalue weighted by atomic mass is 10.1. The number of hydrogen-bond acceptors (Lipinski definition) is 1. The van der Waals surface area contributed by atoms with E-state index in [1.165, 1.54) is 0 Å². The zero-order valence-electron chi connectivity index (χ0n) is 12.5. The maximum Gasteiger partial charge on any atom is 0.219 e. The van der Waals surface area contributed by atoms with Gasteiger partial charge in [-0.05, 0) is 38.8 Å². The van der Waals surface area contributed by atoms with Crippen molar-refractivity contribution in [2.45, 2.75) is 59.2 Å². The van der Waals surface area contributed by atoms with E-state index in [9.17, 15) is 0 Å². The fourth-order valence-corrected chi connectivity index (χ4v) is 3.65. The summed E-state index contributed by atoms with van der Waals surface area (Å²) in [6.45, 7) is 10.5. The number of allylic oxidation sites excluding steroid dienone is 4. The summed E-state index contributed by atoms with van der Waals surface area (Å²) in [6.07, 6.45) is 9.80. The molecular formula is C16H27OSi. The van der Waals surface area contributed by atoms with Crippen molar-refractivity contribution in [3.63, 3.8) is 0 Å². The second kappa shape index (κ2) is 11.3. The second-order valence-corrected chi connectivity index (χ2v) is 6.75. The lowest BCUT2D eigenvalue weighted by molar-refractivity contribution is 0.155. The van der Waals surface area contributed by atoms with Gasteiger partial charge in [0.1, 0.15) is 0 Å².